The molecule has 5 nitrogen and oxygen atoms in total. The van der Waals surface area contributed by atoms with Crippen LogP contribution in [0.2, 0.25) is 5.02 Å². The topological polar surface area (TPSA) is 62.6 Å². The molecule has 1 fully saturated rings. The Balaban J connectivity index is 1.54. The van der Waals surface area contributed by atoms with Crippen molar-refractivity contribution in [3.05, 3.63) is 81.2 Å². The molecular formula is C23H23ClN2O3. The third-order valence-corrected chi connectivity index (χ3v) is 5.65. The van der Waals surface area contributed by atoms with Crippen molar-refractivity contribution in [3.8, 4) is 0 Å². The Morgan fingerprint density at radius 1 is 1.07 bits per heavy atom. The summed E-state index contributed by atoms with van der Waals surface area (Å²) in [4.78, 5) is 27.4. The average Bonchev–Trinajstić information content (AvgIpc) is 2.75. The molecule has 1 aliphatic heterocycles. The number of piperidine rings is 1. The highest BCUT2D eigenvalue weighted by Crippen LogP contribution is 2.25. The molecule has 0 bridgehead atoms. The van der Waals surface area contributed by atoms with Crippen LogP contribution in [0.4, 0.5) is 0 Å². The molecule has 150 valence electrons. The van der Waals surface area contributed by atoms with E-state index in [9.17, 15) is 9.59 Å². The van der Waals surface area contributed by atoms with Crippen LogP contribution in [0.25, 0.3) is 11.0 Å². The number of amides is 1. The Hall–Kier alpha value is -2.63. The van der Waals surface area contributed by atoms with E-state index in [0.717, 1.165) is 31.5 Å². The van der Waals surface area contributed by atoms with E-state index in [1.807, 2.05) is 24.3 Å². The molecule has 6 heteroatoms. The number of para-hydroxylation sites is 1. The molecular weight excluding hydrogens is 388 g/mol. The monoisotopic (exact) mass is 410 g/mol. The number of halogens is 1. The van der Waals surface area contributed by atoms with Crippen molar-refractivity contribution >= 4 is 28.5 Å². The van der Waals surface area contributed by atoms with Crippen LogP contribution in [-0.2, 0) is 0 Å². The second-order valence-corrected chi connectivity index (χ2v) is 7.78. The van der Waals surface area contributed by atoms with Gasteiger partial charge in [-0.3, -0.25) is 14.5 Å². The first kappa shape index (κ1) is 19.7. The summed E-state index contributed by atoms with van der Waals surface area (Å²) >= 11 is 6.05. The van der Waals surface area contributed by atoms with Gasteiger partial charge in [-0.1, -0.05) is 42.3 Å². The molecule has 2 heterocycles. The summed E-state index contributed by atoms with van der Waals surface area (Å²) in [6.07, 6.45) is 3.54. The molecule has 4 rings (SSSR count). The third-order valence-electron chi connectivity index (χ3n) is 5.40. The van der Waals surface area contributed by atoms with Gasteiger partial charge in [-0.25, -0.2) is 0 Å². The Kier molecular flexibility index (Phi) is 5.97. The van der Waals surface area contributed by atoms with E-state index >= 15 is 0 Å². The number of likely N-dealkylation sites (tertiary alicyclic amines) is 1. The normalized spacial score (nSPS) is 15.9. The van der Waals surface area contributed by atoms with Gasteiger partial charge in [0.05, 0.1) is 11.4 Å². The fourth-order valence-corrected chi connectivity index (χ4v) is 3.99. The second-order valence-electron chi connectivity index (χ2n) is 7.35. The van der Waals surface area contributed by atoms with E-state index in [1.54, 1.807) is 24.3 Å². The molecule has 1 amide bonds. The van der Waals surface area contributed by atoms with Crippen molar-refractivity contribution in [2.24, 2.45) is 0 Å². The van der Waals surface area contributed by atoms with Crippen molar-refractivity contribution in [2.45, 2.75) is 25.3 Å². The SMILES string of the molecule is O=C(NCC(c1ccc(Cl)cc1)N1CCCCC1)c1cc(=O)c2ccccc2o1. The Bertz CT molecular complexity index is 1060. The molecule has 1 atom stereocenters. The number of hydrogen-bond acceptors (Lipinski definition) is 4. The number of carbonyl (C=O) groups is 1. The predicted octanol–water partition coefficient (Wildman–Crippen LogP) is 4.40. The fraction of sp³-hybridized carbons (Fsp3) is 0.304. The molecule has 1 aliphatic rings. The highest BCUT2D eigenvalue weighted by molar-refractivity contribution is 6.30. The Labute approximate surface area is 174 Å². The van der Waals surface area contributed by atoms with Crippen molar-refractivity contribution in [1.82, 2.24) is 10.2 Å². The van der Waals surface area contributed by atoms with E-state index in [0.29, 0.717) is 22.5 Å². The Morgan fingerprint density at radius 2 is 1.79 bits per heavy atom. The van der Waals surface area contributed by atoms with Gasteiger partial charge in [0, 0.05) is 17.6 Å². The maximum absolute atomic E-state index is 12.7. The zero-order chi connectivity index (χ0) is 20.2. The van der Waals surface area contributed by atoms with E-state index in [1.165, 1.54) is 12.5 Å². The molecule has 0 spiro atoms. The van der Waals surface area contributed by atoms with Crippen LogP contribution in [0.15, 0.2) is 63.8 Å². The standard InChI is InChI=1S/C23H23ClN2O3/c24-17-10-8-16(9-11-17)19(26-12-4-1-5-13-26)15-25-23(28)22-14-20(27)18-6-2-3-7-21(18)29-22/h2-3,6-11,14,19H,1,4-5,12-13,15H2,(H,25,28). The summed E-state index contributed by atoms with van der Waals surface area (Å²) < 4.78 is 5.66. The summed E-state index contributed by atoms with van der Waals surface area (Å²) in [5.41, 5.74) is 1.30. The van der Waals surface area contributed by atoms with Gasteiger partial charge in [-0.2, -0.15) is 0 Å². The van der Waals surface area contributed by atoms with Crippen LogP contribution in [-0.4, -0.2) is 30.4 Å². The van der Waals surface area contributed by atoms with Crippen molar-refractivity contribution in [2.75, 3.05) is 19.6 Å². The van der Waals surface area contributed by atoms with Gasteiger partial charge in [0.25, 0.3) is 5.91 Å². The molecule has 0 aliphatic carbocycles. The minimum atomic E-state index is -0.385. The van der Waals surface area contributed by atoms with E-state index in [-0.39, 0.29) is 23.1 Å². The molecule has 1 saturated heterocycles. The lowest BCUT2D eigenvalue weighted by Crippen LogP contribution is -2.40. The van der Waals surface area contributed by atoms with E-state index in [2.05, 4.69) is 10.2 Å². The summed E-state index contributed by atoms with van der Waals surface area (Å²) in [6, 6.07) is 16.0. The maximum Gasteiger partial charge on any atom is 0.287 e. The molecule has 1 aromatic heterocycles. The van der Waals surface area contributed by atoms with Gasteiger partial charge < -0.3 is 9.73 Å². The predicted molar refractivity (Wildman–Crippen MR) is 114 cm³/mol. The van der Waals surface area contributed by atoms with Gasteiger partial charge in [0.15, 0.2) is 11.2 Å². The molecule has 29 heavy (non-hydrogen) atoms. The quantitative estimate of drug-likeness (QED) is 0.677. The van der Waals surface area contributed by atoms with Crippen LogP contribution in [0.1, 0.15) is 41.4 Å². The van der Waals surface area contributed by atoms with E-state index in [4.69, 9.17) is 16.0 Å². The first-order valence-electron chi connectivity index (χ1n) is 9.92. The molecule has 0 saturated carbocycles. The average molecular weight is 411 g/mol. The first-order chi connectivity index (χ1) is 14.1. The summed E-state index contributed by atoms with van der Waals surface area (Å²) in [5.74, 6) is -0.356. The van der Waals surface area contributed by atoms with Gasteiger partial charge in [-0.15, -0.1) is 0 Å². The van der Waals surface area contributed by atoms with Gasteiger partial charge in [0.2, 0.25) is 0 Å². The van der Waals surface area contributed by atoms with Crippen LogP contribution >= 0.6 is 11.6 Å². The zero-order valence-electron chi connectivity index (χ0n) is 16.1. The summed E-state index contributed by atoms with van der Waals surface area (Å²) in [6.45, 7) is 2.42. The second kappa shape index (κ2) is 8.80. The van der Waals surface area contributed by atoms with Gasteiger partial charge in [-0.05, 0) is 55.8 Å². The highest BCUT2D eigenvalue weighted by atomic mass is 35.5. The molecule has 3 aromatic rings. The number of carbonyl (C=O) groups excluding carboxylic acids is 1. The fourth-order valence-electron chi connectivity index (χ4n) is 3.87. The number of nitrogens with zero attached hydrogens (tertiary/aromatic N) is 1. The van der Waals surface area contributed by atoms with Crippen LogP contribution in [0.5, 0.6) is 0 Å². The van der Waals surface area contributed by atoms with Crippen molar-refractivity contribution < 1.29 is 9.21 Å². The number of nitrogens with one attached hydrogen (secondary N) is 1. The number of fused-ring (bicyclic) bond motifs is 1. The molecule has 2 aromatic carbocycles. The van der Waals surface area contributed by atoms with Crippen LogP contribution in [0, 0.1) is 0 Å². The van der Waals surface area contributed by atoms with Crippen molar-refractivity contribution in [1.29, 1.82) is 0 Å². The van der Waals surface area contributed by atoms with Crippen LogP contribution in [0.3, 0.4) is 0 Å². The number of rotatable bonds is 5. The minimum Gasteiger partial charge on any atom is -0.451 e. The Morgan fingerprint density at radius 3 is 2.55 bits per heavy atom. The zero-order valence-corrected chi connectivity index (χ0v) is 16.8. The maximum atomic E-state index is 12.7. The lowest BCUT2D eigenvalue weighted by molar-refractivity contribution is 0.0897. The third kappa shape index (κ3) is 4.52. The summed E-state index contributed by atoms with van der Waals surface area (Å²) in [5, 5.41) is 4.11. The van der Waals surface area contributed by atoms with Gasteiger partial charge >= 0.3 is 0 Å². The lowest BCUT2D eigenvalue weighted by Gasteiger charge is -2.35. The number of hydrogen-bond donors (Lipinski definition) is 1. The molecule has 1 N–H and O–H groups in total. The molecule has 1 unspecified atom stereocenters. The van der Waals surface area contributed by atoms with Crippen molar-refractivity contribution in [3.63, 3.8) is 0 Å². The number of benzene rings is 2. The molecule has 0 radical (unpaired) electrons. The van der Waals surface area contributed by atoms with Gasteiger partial charge in [0.1, 0.15) is 5.58 Å². The van der Waals surface area contributed by atoms with Crippen LogP contribution < -0.4 is 10.7 Å². The smallest absolute Gasteiger partial charge is 0.287 e. The highest BCUT2D eigenvalue weighted by Gasteiger charge is 2.23. The largest absolute Gasteiger partial charge is 0.451 e. The van der Waals surface area contributed by atoms with E-state index < -0.39 is 0 Å². The first-order valence-corrected chi connectivity index (χ1v) is 10.3. The summed E-state index contributed by atoms with van der Waals surface area (Å²) in [7, 11) is 0. The minimum absolute atomic E-state index is 0.0298. The lowest BCUT2D eigenvalue weighted by atomic mass is 10.0.